The lowest BCUT2D eigenvalue weighted by Gasteiger charge is -2.15. The third-order valence-corrected chi connectivity index (χ3v) is 3.43. The molecule has 10 heteroatoms. The quantitative estimate of drug-likeness (QED) is 0.695. The molecule has 26 heavy (non-hydrogen) atoms. The van der Waals surface area contributed by atoms with E-state index >= 15 is 0 Å². The molecule has 0 atom stereocenters. The van der Waals surface area contributed by atoms with Crippen molar-refractivity contribution in [2.24, 2.45) is 0 Å². The molecule has 0 saturated heterocycles. The summed E-state index contributed by atoms with van der Waals surface area (Å²) in [5, 5.41) is 20.3. The van der Waals surface area contributed by atoms with Crippen molar-refractivity contribution >= 4 is 29.2 Å². The number of ether oxygens (including phenoxy) is 1. The second kappa shape index (κ2) is 7.52. The van der Waals surface area contributed by atoms with Gasteiger partial charge in [0.25, 0.3) is 5.91 Å². The third-order valence-electron chi connectivity index (χ3n) is 3.12. The minimum Gasteiger partial charge on any atom is -0.508 e. The van der Waals surface area contributed by atoms with E-state index in [1.54, 1.807) is 0 Å². The van der Waals surface area contributed by atoms with Crippen LogP contribution in [-0.2, 0) is 15.7 Å². The summed E-state index contributed by atoms with van der Waals surface area (Å²) in [4.78, 5) is 23.6. The number of para-hydroxylation sites is 1. The van der Waals surface area contributed by atoms with Gasteiger partial charge < -0.3 is 20.3 Å². The second-order valence-corrected chi connectivity index (χ2v) is 5.39. The van der Waals surface area contributed by atoms with E-state index in [2.05, 4.69) is 4.74 Å². The molecule has 0 aromatic heterocycles. The molecule has 0 radical (unpaired) electrons. The molecular weight excluding hydrogens is 379 g/mol. The first-order valence-electron chi connectivity index (χ1n) is 6.94. The maximum Gasteiger partial charge on any atom is 0.418 e. The molecule has 0 aliphatic rings. The highest BCUT2D eigenvalue weighted by molar-refractivity contribution is 6.34. The maximum atomic E-state index is 12.9. The van der Waals surface area contributed by atoms with Crippen LogP contribution in [0.2, 0.25) is 5.02 Å². The summed E-state index contributed by atoms with van der Waals surface area (Å²) in [7, 11) is 0. The molecule has 0 fully saturated rings. The van der Waals surface area contributed by atoms with E-state index in [0.29, 0.717) is 0 Å². The summed E-state index contributed by atoms with van der Waals surface area (Å²) in [6.45, 7) is -0.915. The smallest absolute Gasteiger partial charge is 0.418 e. The Kier molecular flexibility index (Phi) is 5.61. The van der Waals surface area contributed by atoms with Crippen molar-refractivity contribution in [3.63, 3.8) is 0 Å². The molecule has 6 nitrogen and oxygen atoms in total. The maximum absolute atomic E-state index is 12.9. The Balaban J connectivity index is 2.07. The molecule has 138 valence electrons. The van der Waals surface area contributed by atoms with E-state index in [1.807, 2.05) is 5.32 Å². The van der Waals surface area contributed by atoms with Crippen molar-refractivity contribution in [3.8, 4) is 11.5 Å². The zero-order valence-electron chi connectivity index (χ0n) is 12.8. The van der Waals surface area contributed by atoms with Gasteiger partial charge in [0, 0.05) is 6.07 Å². The SMILES string of the molecule is O=C(COC(=O)c1ccc(O)cc1O)Nc1c(Cl)cccc1C(F)(F)F. The summed E-state index contributed by atoms with van der Waals surface area (Å²) in [6.07, 6.45) is -4.75. The fourth-order valence-corrected chi connectivity index (χ4v) is 2.19. The van der Waals surface area contributed by atoms with Crippen LogP contribution in [0.1, 0.15) is 15.9 Å². The number of carbonyl (C=O) groups excluding carboxylic acids is 2. The van der Waals surface area contributed by atoms with Crippen LogP contribution in [-0.4, -0.2) is 28.7 Å². The molecule has 0 saturated carbocycles. The Bertz CT molecular complexity index is 854. The lowest BCUT2D eigenvalue weighted by Crippen LogP contribution is -2.23. The Hall–Kier alpha value is -2.94. The first kappa shape index (κ1) is 19.4. The number of halogens is 4. The molecule has 1 amide bonds. The monoisotopic (exact) mass is 389 g/mol. The van der Waals surface area contributed by atoms with E-state index in [9.17, 15) is 27.9 Å². The van der Waals surface area contributed by atoms with Crippen LogP contribution in [0.5, 0.6) is 11.5 Å². The highest BCUT2D eigenvalue weighted by Gasteiger charge is 2.34. The van der Waals surface area contributed by atoms with Crippen LogP contribution < -0.4 is 5.32 Å². The molecule has 0 bridgehead atoms. The number of phenolic OH excluding ortho intramolecular Hbond substituents is 2. The number of aromatic hydroxyl groups is 2. The fraction of sp³-hybridized carbons (Fsp3) is 0.125. The van der Waals surface area contributed by atoms with Crippen LogP contribution in [0.15, 0.2) is 36.4 Å². The zero-order valence-corrected chi connectivity index (χ0v) is 13.6. The van der Waals surface area contributed by atoms with Gasteiger partial charge in [-0.2, -0.15) is 13.2 Å². The number of hydrogen-bond donors (Lipinski definition) is 3. The number of nitrogens with one attached hydrogen (secondary N) is 1. The molecule has 0 spiro atoms. The van der Waals surface area contributed by atoms with Crippen molar-refractivity contribution in [1.82, 2.24) is 0 Å². The second-order valence-electron chi connectivity index (χ2n) is 4.99. The normalized spacial score (nSPS) is 11.1. The van der Waals surface area contributed by atoms with Gasteiger partial charge in [-0.1, -0.05) is 17.7 Å². The largest absolute Gasteiger partial charge is 0.508 e. The first-order valence-corrected chi connectivity index (χ1v) is 7.32. The van der Waals surface area contributed by atoms with Gasteiger partial charge in [-0.3, -0.25) is 4.79 Å². The van der Waals surface area contributed by atoms with E-state index in [-0.39, 0.29) is 16.3 Å². The topological polar surface area (TPSA) is 95.9 Å². The van der Waals surface area contributed by atoms with Gasteiger partial charge in [0.1, 0.15) is 17.1 Å². The Morgan fingerprint density at radius 1 is 1.15 bits per heavy atom. The van der Waals surface area contributed by atoms with E-state index in [1.165, 1.54) is 0 Å². The molecule has 0 heterocycles. The van der Waals surface area contributed by atoms with E-state index in [4.69, 9.17) is 16.7 Å². The number of rotatable bonds is 4. The molecule has 2 rings (SSSR count). The van der Waals surface area contributed by atoms with E-state index in [0.717, 1.165) is 36.4 Å². The Labute approximate surface area is 149 Å². The molecule has 2 aromatic carbocycles. The lowest BCUT2D eigenvalue weighted by atomic mass is 10.1. The molecule has 0 aliphatic carbocycles. The summed E-state index contributed by atoms with van der Waals surface area (Å²) in [5.74, 6) is -3.04. The van der Waals surface area contributed by atoms with Gasteiger partial charge in [0.15, 0.2) is 6.61 Å². The number of phenols is 2. The number of carbonyl (C=O) groups is 2. The van der Waals surface area contributed by atoms with E-state index < -0.39 is 41.7 Å². The van der Waals surface area contributed by atoms with Crippen molar-refractivity contribution in [2.75, 3.05) is 11.9 Å². The molecule has 2 aromatic rings. The van der Waals surface area contributed by atoms with Crippen LogP contribution in [0.25, 0.3) is 0 Å². The molecule has 3 N–H and O–H groups in total. The summed E-state index contributed by atoms with van der Waals surface area (Å²) < 4.78 is 43.5. The minimum absolute atomic E-state index is 0.296. The van der Waals surface area contributed by atoms with Crippen LogP contribution in [0.4, 0.5) is 18.9 Å². The van der Waals surface area contributed by atoms with Gasteiger partial charge in [-0.25, -0.2) is 4.79 Å². The number of anilines is 1. The average Bonchev–Trinajstić information content (AvgIpc) is 2.53. The van der Waals surface area contributed by atoms with Crippen LogP contribution >= 0.6 is 11.6 Å². The Morgan fingerprint density at radius 2 is 1.85 bits per heavy atom. The number of amides is 1. The van der Waals surface area contributed by atoms with Crippen molar-refractivity contribution in [2.45, 2.75) is 6.18 Å². The zero-order chi connectivity index (χ0) is 19.5. The van der Waals surface area contributed by atoms with Gasteiger partial charge in [-0.05, 0) is 24.3 Å². The highest BCUT2D eigenvalue weighted by atomic mass is 35.5. The predicted molar refractivity (Wildman–Crippen MR) is 85.1 cm³/mol. The molecule has 0 unspecified atom stereocenters. The van der Waals surface area contributed by atoms with Gasteiger partial charge in [0.05, 0.1) is 16.3 Å². The van der Waals surface area contributed by atoms with Gasteiger partial charge in [0.2, 0.25) is 0 Å². The predicted octanol–water partition coefficient (Wildman–Crippen LogP) is 3.57. The summed E-state index contributed by atoms with van der Waals surface area (Å²) >= 11 is 5.69. The van der Waals surface area contributed by atoms with Crippen LogP contribution in [0.3, 0.4) is 0 Å². The standard InChI is InChI=1S/C16H11ClF3NO5/c17-11-3-1-2-10(16(18,19)20)14(11)21-13(24)7-26-15(25)9-5-4-8(22)6-12(9)23/h1-6,22-23H,7H2,(H,21,24). The van der Waals surface area contributed by atoms with Crippen molar-refractivity contribution < 1.29 is 37.7 Å². The first-order chi connectivity index (χ1) is 12.1. The average molecular weight is 390 g/mol. The number of benzene rings is 2. The van der Waals surface area contributed by atoms with Crippen molar-refractivity contribution in [1.29, 1.82) is 0 Å². The molecular formula is C16H11ClF3NO5. The van der Waals surface area contributed by atoms with Gasteiger partial charge in [-0.15, -0.1) is 0 Å². The third kappa shape index (κ3) is 4.57. The number of alkyl halides is 3. The number of esters is 1. The summed E-state index contributed by atoms with van der Waals surface area (Å²) in [6, 6.07) is 6.02. The molecule has 0 aliphatic heterocycles. The minimum atomic E-state index is -4.75. The van der Waals surface area contributed by atoms with Crippen LogP contribution in [0, 0.1) is 0 Å². The summed E-state index contributed by atoms with van der Waals surface area (Å²) in [5.41, 5.74) is -2.14. The van der Waals surface area contributed by atoms with Crippen molar-refractivity contribution in [3.05, 3.63) is 52.5 Å². The Morgan fingerprint density at radius 3 is 2.46 bits per heavy atom. The number of hydrogen-bond acceptors (Lipinski definition) is 5. The highest BCUT2D eigenvalue weighted by Crippen LogP contribution is 2.38. The fourth-order valence-electron chi connectivity index (χ4n) is 1.96. The van der Waals surface area contributed by atoms with Gasteiger partial charge >= 0.3 is 12.1 Å². The lowest BCUT2D eigenvalue weighted by molar-refractivity contribution is -0.137.